The fraction of sp³-hybridized carbons (Fsp3) is 0.273. The lowest BCUT2D eigenvalue weighted by Gasteiger charge is -2.32. The van der Waals surface area contributed by atoms with Gasteiger partial charge in [-0.25, -0.2) is 0 Å². The molecule has 0 bridgehead atoms. The topological polar surface area (TPSA) is 49.4 Å². The Kier molecular flexibility index (Phi) is 9.56. The summed E-state index contributed by atoms with van der Waals surface area (Å²) in [6, 6.07) is 31.2. The van der Waals surface area contributed by atoms with Crippen LogP contribution >= 0.6 is 11.6 Å². The lowest BCUT2D eigenvalue weighted by molar-refractivity contribution is -0.141. The summed E-state index contributed by atoms with van der Waals surface area (Å²) in [6.07, 6.45) is 2.14. The molecular weight excluding hydrogens is 492 g/mol. The summed E-state index contributed by atoms with van der Waals surface area (Å²) in [4.78, 5) is 29.3. The van der Waals surface area contributed by atoms with Crippen LogP contribution in [0.2, 0.25) is 5.02 Å². The monoisotopic (exact) mass is 526 g/mol. The van der Waals surface area contributed by atoms with Crippen LogP contribution in [0, 0.1) is 0 Å². The van der Waals surface area contributed by atoms with Gasteiger partial charge in [0.1, 0.15) is 6.04 Å². The van der Waals surface area contributed by atoms with Gasteiger partial charge in [0.05, 0.1) is 0 Å². The molecule has 38 heavy (non-hydrogen) atoms. The maximum Gasteiger partial charge on any atom is 0.243 e. The van der Waals surface area contributed by atoms with Gasteiger partial charge in [-0.3, -0.25) is 9.59 Å². The second kappa shape index (κ2) is 13.3. The summed E-state index contributed by atoms with van der Waals surface area (Å²) in [6.45, 7) is 4.33. The lowest BCUT2D eigenvalue weighted by Crippen LogP contribution is -2.52. The molecule has 0 saturated heterocycles. The summed E-state index contributed by atoms with van der Waals surface area (Å²) < 4.78 is 0. The molecule has 5 heteroatoms. The number of rotatable bonds is 11. The summed E-state index contributed by atoms with van der Waals surface area (Å²) in [5.74, 6) is -0.193. The summed E-state index contributed by atoms with van der Waals surface area (Å²) in [7, 11) is 0. The Morgan fingerprint density at radius 1 is 0.868 bits per heavy atom. The Morgan fingerprint density at radius 2 is 1.55 bits per heavy atom. The molecule has 0 aromatic heterocycles. The fourth-order valence-electron chi connectivity index (χ4n) is 4.72. The zero-order chi connectivity index (χ0) is 26.9. The van der Waals surface area contributed by atoms with E-state index in [0.717, 1.165) is 33.9 Å². The zero-order valence-electron chi connectivity index (χ0n) is 22.1. The minimum Gasteiger partial charge on any atom is -0.352 e. The minimum absolute atomic E-state index is 0.0135. The molecule has 4 aromatic carbocycles. The van der Waals surface area contributed by atoms with Crippen LogP contribution in [0.1, 0.15) is 43.4 Å². The van der Waals surface area contributed by atoms with Crippen LogP contribution in [-0.2, 0) is 29.0 Å². The molecule has 4 nitrogen and oxygen atoms in total. The number of carbonyl (C=O) groups excluding carboxylic acids is 2. The molecule has 0 heterocycles. The Hall–Kier alpha value is -3.63. The molecule has 0 aliphatic rings. The molecule has 2 atom stereocenters. The van der Waals surface area contributed by atoms with Crippen molar-refractivity contribution in [3.05, 3.63) is 119 Å². The summed E-state index contributed by atoms with van der Waals surface area (Å²) in [5, 5.41) is 6.04. The SMILES string of the molecule is CC[C@@H](C)NC(=O)[C@H](Cc1ccccc1)N(Cc1cccc(Cl)c1)C(=O)CCc1cccc2ccccc12. The van der Waals surface area contributed by atoms with Gasteiger partial charge >= 0.3 is 0 Å². The first-order chi connectivity index (χ1) is 18.4. The van der Waals surface area contributed by atoms with Crippen molar-refractivity contribution in [1.29, 1.82) is 0 Å². The van der Waals surface area contributed by atoms with Gasteiger partial charge in [-0.05, 0) is 59.4 Å². The molecule has 0 aliphatic heterocycles. The summed E-state index contributed by atoms with van der Waals surface area (Å²) >= 11 is 6.28. The largest absolute Gasteiger partial charge is 0.352 e. The van der Waals surface area contributed by atoms with Gasteiger partial charge in [-0.1, -0.05) is 103 Å². The minimum atomic E-state index is -0.648. The van der Waals surface area contributed by atoms with Crippen LogP contribution in [0.3, 0.4) is 0 Å². The number of nitrogens with one attached hydrogen (secondary N) is 1. The maximum absolute atomic E-state index is 13.9. The molecule has 0 aliphatic carbocycles. The quantitative estimate of drug-likeness (QED) is 0.229. The maximum atomic E-state index is 13.9. The third-order valence-electron chi connectivity index (χ3n) is 7.00. The molecule has 196 valence electrons. The molecule has 4 aromatic rings. The third-order valence-corrected chi connectivity index (χ3v) is 7.24. The number of hydrogen-bond acceptors (Lipinski definition) is 2. The van der Waals surface area contributed by atoms with Gasteiger partial charge in [0.15, 0.2) is 0 Å². The van der Waals surface area contributed by atoms with E-state index in [-0.39, 0.29) is 17.9 Å². The second-order valence-corrected chi connectivity index (χ2v) is 10.2. The van der Waals surface area contributed by atoms with Gasteiger partial charge < -0.3 is 10.2 Å². The van der Waals surface area contributed by atoms with E-state index in [4.69, 9.17) is 11.6 Å². The normalized spacial score (nSPS) is 12.6. The van der Waals surface area contributed by atoms with E-state index in [1.54, 1.807) is 4.90 Å². The van der Waals surface area contributed by atoms with Gasteiger partial charge in [0, 0.05) is 30.5 Å². The first kappa shape index (κ1) is 27.4. The van der Waals surface area contributed by atoms with Gasteiger partial charge in [-0.2, -0.15) is 0 Å². The zero-order valence-corrected chi connectivity index (χ0v) is 22.8. The van der Waals surface area contributed by atoms with Gasteiger partial charge in [0.2, 0.25) is 11.8 Å². The van der Waals surface area contributed by atoms with Crippen molar-refractivity contribution in [3.8, 4) is 0 Å². The molecule has 1 N–H and O–H groups in total. The van der Waals surface area contributed by atoms with Crippen molar-refractivity contribution in [2.45, 2.75) is 58.2 Å². The number of nitrogens with zero attached hydrogens (tertiary/aromatic N) is 1. The highest BCUT2D eigenvalue weighted by Gasteiger charge is 2.30. The van der Waals surface area contributed by atoms with Gasteiger partial charge in [0.25, 0.3) is 0 Å². The van der Waals surface area contributed by atoms with Crippen LogP contribution in [0.15, 0.2) is 97.1 Å². The number of carbonyl (C=O) groups is 2. The van der Waals surface area contributed by atoms with Crippen molar-refractivity contribution in [1.82, 2.24) is 10.2 Å². The average molecular weight is 527 g/mol. The molecule has 0 radical (unpaired) electrons. The van der Waals surface area contributed by atoms with Crippen LogP contribution < -0.4 is 5.32 Å². The molecular formula is C33H35ClN2O2. The first-order valence-corrected chi connectivity index (χ1v) is 13.7. The van der Waals surface area contributed by atoms with Crippen LogP contribution in [-0.4, -0.2) is 28.8 Å². The van der Waals surface area contributed by atoms with E-state index in [2.05, 4.69) is 29.6 Å². The molecule has 2 amide bonds. The van der Waals surface area contributed by atoms with E-state index in [0.29, 0.717) is 30.8 Å². The molecule has 0 spiro atoms. The highest BCUT2D eigenvalue weighted by atomic mass is 35.5. The fourth-order valence-corrected chi connectivity index (χ4v) is 4.94. The van der Waals surface area contributed by atoms with E-state index in [9.17, 15) is 9.59 Å². The van der Waals surface area contributed by atoms with Crippen LogP contribution in [0.4, 0.5) is 0 Å². The Morgan fingerprint density at radius 3 is 2.32 bits per heavy atom. The number of halogens is 1. The van der Waals surface area contributed by atoms with Crippen LogP contribution in [0.5, 0.6) is 0 Å². The highest BCUT2D eigenvalue weighted by Crippen LogP contribution is 2.22. The van der Waals surface area contributed by atoms with E-state index in [1.165, 1.54) is 0 Å². The Balaban J connectivity index is 1.65. The van der Waals surface area contributed by atoms with Crippen molar-refractivity contribution < 1.29 is 9.59 Å². The summed E-state index contributed by atoms with van der Waals surface area (Å²) in [5.41, 5.74) is 3.03. The van der Waals surface area contributed by atoms with Crippen LogP contribution in [0.25, 0.3) is 10.8 Å². The predicted molar refractivity (Wildman–Crippen MR) is 156 cm³/mol. The van der Waals surface area contributed by atoms with Crippen molar-refractivity contribution in [2.75, 3.05) is 0 Å². The number of aryl methyl sites for hydroxylation is 1. The van der Waals surface area contributed by atoms with Crippen molar-refractivity contribution in [3.63, 3.8) is 0 Å². The average Bonchev–Trinajstić information content (AvgIpc) is 2.94. The van der Waals surface area contributed by atoms with E-state index in [1.807, 2.05) is 86.6 Å². The lowest BCUT2D eigenvalue weighted by atomic mass is 9.99. The predicted octanol–water partition coefficient (Wildman–Crippen LogP) is 6.98. The standard InChI is InChI=1S/C33H35ClN2O2/c1-3-24(2)35-33(38)31(22-25-11-5-4-6-12-25)36(23-26-13-9-17-29(34)21-26)32(37)20-19-28-16-10-15-27-14-7-8-18-30(27)28/h4-18,21,24,31H,3,19-20,22-23H2,1-2H3,(H,35,38)/t24-,31+/m1/s1. The second-order valence-electron chi connectivity index (χ2n) is 9.81. The number of hydrogen-bond donors (Lipinski definition) is 1. The molecule has 0 saturated carbocycles. The molecule has 4 rings (SSSR count). The number of amides is 2. The van der Waals surface area contributed by atoms with Crippen molar-refractivity contribution in [2.24, 2.45) is 0 Å². The van der Waals surface area contributed by atoms with Gasteiger partial charge in [-0.15, -0.1) is 0 Å². The van der Waals surface area contributed by atoms with Crippen molar-refractivity contribution >= 4 is 34.2 Å². The molecule has 0 unspecified atom stereocenters. The smallest absolute Gasteiger partial charge is 0.243 e. The highest BCUT2D eigenvalue weighted by molar-refractivity contribution is 6.30. The molecule has 0 fully saturated rings. The number of fused-ring (bicyclic) bond motifs is 1. The van der Waals surface area contributed by atoms with E-state index >= 15 is 0 Å². The first-order valence-electron chi connectivity index (χ1n) is 13.3. The Labute approximate surface area is 230 Å². The van der Waals surface area contributed by atoms with E-state index < -0.39 is 6.04 Å². The third kappa shape index (κ3) is 7.23. The Bertz CT molecular complexity index is 1370. The number of benzene rings is 4.